The van der Waals surface area contributed by atoms with Crippen LogP contribution in [0.15, 0.2) is 72.1 Å². The number of fused-ring (bicyclic) bond motifs is 1. The Bertz CT molecular complexity index is 1320. The van der Waals surface area contributed by atoms with Crippen molar-refractivity contribution in [2.24, 2.45) is 0 Å². The second kappa shape index (κ2) is 9.94. The summed E-state index contributed by atoms with van der Waals surface area (Å²) in [6, 6.07) is 24.1. The fourth-order valence-electron chi connectivity index (χ4n) is 4.31. The lowest BCUT2D eigenvalue weighted by molar-refractivity contribution is 0.0751. The van der Waals surface area contributed by atoms with E-state index < -0.39 is 0 Å². The largest absolute Gasteiger partial charge is 0.476 e. The van der Waals surface area contributed by atoms with Crippen molar-refractivity contribution >= 4 is 33.8 Å². The molecule has 3 heterocycles. The molecule has 0 aliphatic carbocycles. The maximum Gasteiger partial charge on any atom is 0.264 e. The number of carbonyl (C=O) groups excluding carboxylic acids is 1. The second-order valence-electron chi connectivity index (χ2n) is 8.11. The van der Waals surface area contributed by atoms with E-state index in [1.807, 2.05) is 64.9 Å². The topological polar surface area (TPSA) is 69.5 Å². The highest BCUT2D eigenvalue weighted by molar-refractivity contribution is 7.12. The van der Waals surface area contributed by atoms with Gasteiger partial charge in [-0.05, 0) is 23.1 Å². The van der Waals surface area contributed by atoms with E-state index in [-0.39, 0.29) is 5.91 Å². The summed E-state index contributed by atoms with van der Waals surface area (Å²) in [5.74, 6) is 0.434. The van der Waals surface area contributed by atoms with Gasteiger partial charge in [-0.1, -0.05) is 54.6 Å². The Morgan fingerprint density at radius 1 is 1.00 bits per heavy atom. The predicted octanol–water partition coefficient (Wildman–Crippen LogP) is 4.75. The lowest BCUT2D eigenvalue weighted by atomic mass is 10.1. The summed E-state index contributed by atoms with van der Waals surface area (Å²) < 4.78 is 6.06. The van der Waals surface area contributed by atoms with Gasteiger partial charge in [0.1, 0.15) is 11.6 Å². The Kier molecular flexibility index (Phi) is 6.41. The number of rotatable bonds is 6. The zero-order valence-electron chi connectivity index (χ0n) is 18.7. The van der Waals surface area contributed by atoms with Crippen LogP contribution in [-0.2, 0) is 6.42 Å². The quantitative estimate of drug-likeness (QED) is 0.408. The molecule has 1 aliphatic heterocycles. The highest BCUT2D eigenvalue weighted by Gasteiger charge is 2.27. The number of nitriles is 1. The molecule has 6 nitrogen and oxygen atoms in total. The zero-order chi connectivity index (χ0) is 23.3. The lowest BCUT2D eigenvalue weighted by Crippen LogP contribution is -2.49. The molecule has 1 amide bonds. The maximum absolute atomic E-state index is 12.8. The number of para-hydroxylation sites is 1. The minimum atomic E-state index is 0.0691. The minimum absolute atomic E-state index is 0.0691. The van der Waals surface area contributed by atoms with Crippen molar-refractivity contribution in [2.75, 3.05) is 37.7 Å². The van der Waals surface area contributed by atoms with Gasteiger partial charge in [0, 0.05) is 38.0 Å². The highest BCUT2D eigenvalue weighted by atomic mass is 32.1. The second-order valence-corrected chi connectivity index (χ2v) is 9.06. The molecule has 5 rings (SSSR count). The molecular weight excluding hydrogens is 444 g/mol. The Hall–Kier alpha value is -3.89. The van der Waals surface area contributed by atoms with Crippen molar-refractivity contribution in [3.8, 4) is 11.9 Å². The average Bonchev–Trinajstić information content (AvgIpc) is 3.43. The van der Waals surface area contributed by atoms with Gasteiger partial charge in [-0.2, -0.15) is 5.26 Å². The van der Waals surface area contributed by atoms with Crippen molar-refractivity contribution in [1.82, 2.24) is 9.88 Å². The van der Waals surface area contributed by atoms with Crippen LogP contribution >= 0.6 is 11.3 Å². The zero-order valence-corrected chi connectivity index (χ0v) is 19.5. The number of nitrogens with zero attached hydrogens (tertiary/aromatic N) is 4. The number of pyridine rings is 1. The van der Waals surface area contributed by atoms with Crippen LogP contribution in [0.5, 0.6) is 5.88 Å². The lowest BCUT2D eigenvalue weighted by Gasteiger charge is -2.37. The molecule has 1 fully saturated rings. The first-order valence-corrected chi connectivity index (χ1v) is 12.2. The smallest absolute Gasteiger partial charge is 0.264 e. The van der Waals surface area contributed by atoms with E-state index in [4.69, 9.17) is 4.74 Å². The van der Waals surface area contributed by atoms with Crippen LogP contribution in [0.25, 0.3) is 10.9 Å². The maximum atomic E-state index is 12.8. The molecule has 0 unspecified atom stereocenters. The average molecular weight is 469 g/mol. The van der Waals surface area contributed by atoms with Crippen LogP contribution < -0.4 is 9.64 Å². The molecule has 0 radical (unpaired) electrons. The summed E-state index contributed by atoms with van der Waals surface area (Å²) >= 11 is 1.46. The number of amides is 1. The fourth-order valence-corrected chi connectivity index (χ4v) is 5.00. The Morgan fingerprint density at radius 2 is 1.76 bits per heavy atom. The van der Waals surface area contributed by atoms with E-state index >= 15 is 0 Å². The number of anilines is 1. The van der Waals surface area contributed by atoms with Crippen molar-refractivity contribution in [2.45, 2.75) is 6.42 Å². The Balaban J connectivity index is 1.40. The van der Waals surface area contributed by atoms with Crippen LogP contribution in [0, 0.1) is 11.3 Å². The predicted molar refractivity (Wildman–Crippen MR) is 135 cm³/mol. The summed E-state index contributed by atoms with van der Waals surface area (Å²) in [5.41, 5.74) is 3.26. The standard InChI is InChI=1S/C27H24N4O2S/c28-19-22-25(30-13-15-31(16-14-30)27(32)24-11-6-18-34-24)21-9-4-5-10-23(21)29-26(22)33-17-12-20-7-2-1-3-8-20/h1-11,18H,12-17H2. The SMILES string of the molecule is N#Cc1c(OCCc2ccccc2)nc2ccccc2c1N1CCN(C(=O)c2cccs2)CC1. The Labute approximate surface area is 202 Å². The summed E-state index contributed by atoms with van der Waals surface area (Å²) in [6.07, 6.45) is 0.735. The van der Waals surface area contributed by atoms with E-state index in [0.717, 1.165) is 27.9 Å². The number of piperazine rings is 1. The van der Waals surface area contributed by atoms with Crippen LogP contribution in [-0.4, -0.2) is 48.6 Å². The molecule has 2 aromatic heterocycles. The van der Waals surface area contributed by atoms with Gasteiger partial charge in [0.25, 0.3) is 5.91 Å². The molecule has 7 heteroatoms. The molecule has 0 bridgehead atoms. The third kappa shape index (κ3) is 4.45. The van der Waals surface area contributed by atoms with Crippen LogP contribution in [0.3, 0.4) is 0 Å². The third-order valence-electron chi connectivity index (χ3n) is 6.03. The number of carbonyl (C=O) groups is 1. The van der Waals surface area contributed by atoms with E-state index in [1.54, 1.807) is 0 Å². The molecule has 34 heavy (non-hydrogen) atoms. The molecular formula is C27H24N4O2S. The minimum Gasteiger partial charge on any atom is -0.476 e. The van der Waals surface area contributed by atoms with Crippen LogP contribution in [0.1, 0.15) is 20.8 Å². The highest BCUT2D eigenvalue weighted by Crippen LogP contribution is 2.35. The number of ether oxygens (including phenoxy) is 1. The molecule has 0 atom stereocenters. The van der Waals surface area contributed by atoms with Gasteiger partial charge in [0.05, 0.1) is 22.7 Å². The monoisotopic (exact) mass is 468 g/mol. The number of benzene rings is 2. The van der Waals surface area contributed by atoms with Gasteiger partial charge < -0.3 is 14.5 Å². The number of hydrogen-bond donors (Lipinski definition) is 0. The molecule has 0 N–H and O–H groups in total. The van der Waals surface area contributed by atoms with Crippen molar-refractivity contribution in [1.29, 1.82) is 5.26 Å². The van der Waals surface area contributed by atoms with Crippen molar-refractivity contribution in [3.63, 3.8) is 0 Å². The molecule has 2 aromatic carbocycles. The fraction of sp³-hybridized carbons (Fsp3) is 0.222. The van der Waals surface area contributed by atoms with Gasteiger partial charge in [0.2, 0.25) is 5.88 Å². The molecule has 1 saturated heterocycles. The summed E-state index contributed by atoms with van der Waals surface area (Å²) in [4.78, 5) is 22.3. The Morgan fingerprint density at radius 3 is 2.50 bits per heavy atom. The molecule has 0 spiro atoms. The van der Waals surface area contributed by atoms with Crippen LogP contribution in [0.2, 0.25) is 0 Å². The van der Waals surface area contributed by atoms with E-state index in [9.17, 15) is 10.1 Å². The molecule has 170 valence electrons. The summed E-state index contributed by atoms with van der Waals surface area (Å²) in [5, 5.41) is 13.0. The normalized spacial score (nSPS) is 13.6. The third-order valence-corrected chi connectivity index (χ3v) is 6.89. The van der Waals surface area contributed by atoms with Crippen molar-refractivity contribution in [3.05, 3.63) is 88.1 Å². The van der Waals surface area contributed by atoms with Gasteiger partial charge in [-0.25, -0.2) is 4.98 Å². The molecule has 1 aliphatic rings. The van der Waals surface area contributed by atoms with E-state index in [0.29, 0.717) is 44.2 Å². The molecule has 0 saturated carbocycles. The first-order valence-electron chi connectivity index (χ1n) is 11.3. The number of aromatic nitrogens is 1. The first-order chi connectivity index (χ1) is 16.7. The van der Waals surface area contributed by atoms with Gasteiger partial charge in [-0.3, -0.25) is 4.79 Å². The van der Waals surface area contributed by atoms with Crippen LogP contribution in [0.4, 0.5) is 5.69 Å². The first kappa shape index (κ1) is 21.9. The van der Waals surface area contributed by atoms with Gasteiger partial charge >= 0.3 is 0 Å². The number of hydrogen-bond acceptors (Lipinski definition) is 6. The van der Waals surface area contributed by atoms with Gasteiger partial charge in [0.15, 0.2) is 0 Å². The number of thiophene rings is 1. The van der Waals surface area contributed by atoms with E-state index in [1.165, 1.54) is 16.9 Å². The van der Waals surface area contributed by atoms with Gasteiger partial charge in [-0.15, -0.1) is 11.3 Å². The van der Waals surface area contributed by atoms with E-state index in [2.05, 4.69) is 28.1 Å². The summed E-state index contributed by atoms with van der Waals surface area (Å²) in [7, 11) is 0. The van der Waals surface area contributed by atoms with Crippen molar-refractivity contribution < 1.29 is 9.53 Å². The summed E-state index contributed by atoms with van der Waals surface area (Å²) in [6.45, 7) is 2.92. The molecule has 4 aromatic rings.